The number of methoxy groups -OCH3 is 1. The standard InChI is InChI=1S/C12H16N2O/c1-5-10-8-12(15-4)11(13-10)9-14(6-2)7-3/h1,8-9H,6-7H2,2-4H3/b11-9+. The molecule has 1 aliphatic rings. The van der Waals surface area contributed by atoms with Crippen molar-refractivity contribution in [2.45, 2.75) is 13.8 Å². The maximum Gasteiger partial charge on any atom is 0.148 e. The smallest absolute Gasteiger partial charge is 0.148 e. The molecule has 1 heterocycles. The molecule has 3 heteroatoms. The minimum Gasteiger partial charge on any atom is -0.494 e. The topological polar surface area (TPSA) is 24.8 Å². The van der Waals surface area contributed by atoms with Crippen LogP contribution in [-0.2, 0) is 4.74 Å². The lowest BCUT2D eigenvalue weighted by Gasteiger charge is -2.16. The highest BCUT2D eigenvalue weighted by molar-refractivity contribution is 6.11. The maximum atomic E-state index is 5.29. The van der Waals surface area contributed by atoms with Crippen LogP contribution in [0.4, 0.5) is 0 Å². The number of hydrogen-bond acceptors (Lipinski definition) is 3. The summed E-state index contributed by atoms with van der Waals surface area (Å²) in [5.74, 6) is 3.23. The first kappa shape index (κ1) is 11.4. The quantitative estimate of drug-likeness (QED) is 0.652. The zero-order valence-corrected chi connectivity index (χ0v) is 9.45. The molecule has 0 unspecified atom stereocenters. The Bertz CT molecular complexity index is 354. The summed E-state index contributed by atoms with van der Waals surface area (Å²) in [7, 11) is 1.62. The Morgan fingerprint density at radius 3 is 2.67 bits per heavy atom. The van der Waals surface area contributed by atoms with E-state index >= 15 is 0 Å². The van der Waals surface area contributed by atoms with Gasteiger partial charge in [-0.25, -0.2) is 4.99 Å². The second kappa shape index (κ2) is 5.26. The van der Waals surface area contributed by atoms with E-state index in [-0.39, 0.29) is 0 Å². The monoisotopic (exact) mass is 204 g/mol. The number of nitrogens with zero attached hydrogens (tertiary/aromatic N) is 2. The van der Waals surface area contributed by atoms with Crippen LogP contribution in [0.5, 0.6) is 0 Å². The fourth-order valence-corrected chi connectivity index (χ4v) is 1.32. The maximum absolute atomic E-state index is 5.29. The van der Waals surface area contributed by atoms with Crippen LogP contribution in [0.25, 0.3) is 0 Å². The molecule has 1 rings (SSSR count). The average molecular weight is 204 g/mol. The molecule has 0 saturated heterocycles. The first-order chi connectivity index (χ1) is 7.24. The molecule has 0 aromatic heterocycles. The van der Waals surface area contributed by atoms with E-state index < -0.39 is 0 Å². The van der Waals surface area contributed by atoms with E-state index in [1.807, 2.05) is 6.20 Å². The molecule has 0 amide bonds. The van der Waals surface area contributed by atoms with Crippen LogP contribution in [-0.4, -0.2) is 30.8 Å². The lowest BCUT2D eigenvalue weighted by molar-refractivity contribution is 0.299. The predicted molar refractivity (Wildman–Crippen MR) is 62.4 cm³/mol. The van der Waals surface area contributed by atoms with E-state index in [9.17, 15) is 0 Å². The molecule has 0 spiro atoms. The third-order valence-corrected chi connectivity index (χ3v) is 2.25. The van der Waals surface area contributed by atoms with Gasteiger partial charge in [-0.15, -0.1) is 6.42 Å². The van der Waals surface area contributed by atoms with Gasteiger partial charge in [0.25, 0.3) is 0 Å². The number of terminal acetylenes is 1. The Morgan fingerprint density at radius 2 is 2.20 bits per heavy atom. The molecule has 0 bridgehead atoms. The van der Waals surface area contributed by atoms with Crippen molar-refractivity contribution in [2.24, 2.45) is 4.99 Å². The highest BCUT2D eigenvalue weighted by Gasteiger charge is 2.14. The van der Waals surface area contributed by atoms with Crippen molar-refractivity contribution in [1.82, 2.24) is 4.90 Å². The summed E-state index contributed by atoms with van der Waals surface area (Å²) in [6.07, 6.45) is 9.03. The molecular formula is C12H16N2O. The number of rotatable bonds is 4. The van der Waals surface area contributed by atoms with Gasteiger partial charge in [-0.1, -0.05) is 5.92 Å². The van der Waals surface area contributed by atoms with E-state index in [0.717, 1.165) is 24.5 Å². The minimum atomic E-state index is 0.616. The SMILES string of the molecule is C#CC1=N/C(=C/N(CC)CC)C(OC)=C1. The summed E-state index contributed by atoms with van der Waals surface area (Å²) in [6.45, 7) is 6.07. The number of ether oxygens (including phenoxy) is 1. The van der Waals surface area contributed by atoms with Crippen LogP contribution in [0.3, 0.4) is 0 Å². The molecule has 0 aliphatic carbocycles. The van der Waals surface area contributed by atoms with Gasteiger partial charge in [0.15, 0.2) is 0 Å². The molecule has 0 aromatic carbocycles. The number of hydrogen-bond donors (Lipinski definition) is 0. The van der Waals surface area contributed by atoms with Crippen LogP contribution in [0.15, 0.2) is 28.7 Å². The van der Waals surface area contributed by atoms with Crippen molar-refractivity contribution < 1.29 is 4.74 Å². The van der Waals surface area contributed by atoms with E-state index in [1.165, 1.54) is 0 Å². The van der Waals surface area contributed by atoms with E-state index in [0.29, 0.717) is 5.71 Å². The molecule has 1 aliphatic heterocycles. The van der Waals surface area contributed by atoms with Crippen LogP contribution in [0, 0.1) is 12.3 Å². The van der Waals surface area contributed by atoms with Crippen LogP contribution in [0.1, 0.15) is 13.8 Å². The second-order valence-electron chi connectivity index (χ2n) is 3.09. The van der Waals surface area contributed by atoms with Gasteiger partial charge in [0.1, 0.15) is 17.2 Å². The van der Waals surface area contributed by atoms with Crippen molar-refractivity contribution in [1.29, 1.82) is 0 Å². The molecule has 0 fully saturated rings. The van der Waals surface area contributed by atoms with Crippen molar-refractivity contribution in [2.75, 3.05) is 20.2 Å². The minimum absolute atomic E-state index is 0.616. The third-order valence-electron chi connectivity index (χ3n) is 2.25. The molecule has 0 aromatic rings. The molecule has 15 heavy (non-hydrogen) atoms. The van der Waals surface area contributed by atoms with Gasteiger partial charge in [-0.2, -0.15) is 0 Å². The van der Waals surface area contributed by atoms with Crippen LogP contribution < -0.4 is 0 Å². The predicted octanol–water partition coefficient (Wildman–Crippen LogP) is 1.79. The Hall–Kier alpha value is -1.69. The van der Waals surface area contributed by atoms with Gasteiger partial charge in [0, 0.05) is 25.4 Å². The van der Waals surface area contributed by atoms with Crippen molar-refractivity contribution in [3.05, 3.63) is 23.7 Å². The van der Waals surface area contributed by atoms with Gasteiger partial charge >= 0.3 is 0 Å². The summed E-state index contributed by atoms with van der Waals surface area (Å²) in [6, 6.07) is 0. The van der Waals surface area contributed by atoms with Crippen LogP contribution >= 0.6 is 0 Å². The zero-order valence-electron chi connectivity index (χ0n) is 9.45. The van der Waals surface area contributed by atoms with E-state index in [1.54, 1.807) is 13.2 Å². The highest BCUT2D eigenvalue weighted by atomic mass is 16.5. The molecule has 0 radical (unpaired) electrons. The fraction of sp³-hybridized carbons (Fsp3) is 0.417. The summed E-state index contributed by atoms with van der Waals surface area (Å²) < 4.78 is 5.20. The van der Waals surface area contributed by atoms with E-state index in [4.69, 9.17) is 11.2 Å². The normalized spacial score (nSPS) is 17.1. The first-order valence-electron chi connectivity index (χ1n) is 5.02. The molecule has 3 nitrogen and oxygen atoms in total. The molecular weight excluding hydrogens is 188 g/mol. The van der Waals surface area contributed by atoms with Gasteiger partial charge < -0.3 is 9.64 Å². The first-order valence-corrected chi connectivity index (χ1v) is 5.02. The number of aliphatic imine (C=N–C) groups is 1. The van der Waals surface area contributed by atoms with Gasteiger partial charge in [-0.05, 0) is 13.8 Å². The van der Waals surface area contributed by atoms with Gasteiger partial charge in [-0.3, -0.25) is 0 Å². The van der Waals surface area contributed by atoms with Crippen LogP contribution in [0.2, 0.25) is 0 Å². The third kappa shape index (κ3) is 2.63. The van der Waals surface area contributed by atoms with Crippen molar-refractivity contribution in [3.8, 4) is 12.3 Å². The summed E-state index contributed by atoms with van der Waals surface area (Å²) >= 11 is 0. The Kier molecular flexibility index (Phi) is 3.99. The second-order valence-corrected chi connectivity index (χ2v) is 3.09. The zero-order chi connectivity index (χ0) is 11.3. The Labute approximate surface area is 91.1 Å². The largest absolute Gasteiger partial charge is 0.494 e. The summed E-state index contributed by atoms with van der Waals surface area (Å²) in [4.78, 5) is 6.42. The van der Waals surface area contributed by atoms with Crippen molar-refractivity contribution >= 4 is 5.71 Å². The molecule has 0 saturated carbocycles. The summed E-state index contributed by atoms with van der Waals surface area (Å²) in [5.41, 5.74) is 1.42. The highest BCUT2D eigenvalue weighted by Crippen LogP contribution is 2.19. The van der Waals surface area contributed by atoms with E-state index in [2.05, 4.69) is 29.7 Å². The molecule has 0 atom stereocenters. The lowest BCUT2D eigenvalue weighted by Crippen LogP contribution is -2.16. The lowest BCUT2D eigenvalue weighted by atomic mass is 10.3. The molecule has 0 N–H and O–H groups in total. The number of allylic oxidation sites excluding steroid dienone is 1. The van der Waals surface area contributed by atoms with Gasteiger partial charge in [0.05, 0.1) is 7.11 Å². The Balaban J connectivity index is 2.91. The van der Waals surface area contributed by atoms with Crippen molar-refractivity contribution in [3.63, 3.8) is 0 Å². The molecule has 80 valence electrons. The summed E-state index contributed by atoms with van der Waals surface area (Å²) in [5, 5.41) is 0. The fourth-order valence-electron chi connectivity index (χ4n) is 1.32. The van der Waals surface area contributed by atoms with Gasteiger partial charge in [0.2, 0.25) is 0 Å². The average Bonchev–Trinajstić information content (AvgIpc) is 2.68. The Morgan fingerprint density at radius 1 is 1.53 bits per heavy atom.